The molecule has 0 unspecified atom stereocenters. The van der Waals surface area contributed by atoms with Crippen molar-refractivity contribution in [3.05, 3.63) is 77.9 Å². The molecule has 184 valence electrons. The molecule has 1 heterocycles. The summed E-state index contributed by atoms with van der Waals surface area (Å²) >= 11 is 0. The second kappa shape index (κ2) is 11.6. The number of carboxylic acids is 1. The fourth-order valence-corrected chi connectivity index (χ4v) is 3.82. The summed E-state index contributed by atoms with van der Waals surface area (Å²) in [6, 6.07) is 19.5. The molecule has 8 nitrogen and oxygen atoms in total. The lowest BCUT2D eigenvalue weighted by molar-refractivity contribution is 0.0696. The zero-order valence-electron chi connectivity index (χ0n) is 19.5. The third kappa shape index (κ3) is 6.65. The molecule has 0 radical (unpaired) electrons. The minimum absolute atomic E-state index is 0.000155. The number of carboxylic acid groups (broad SMARTS) is 1. The average Bonchev–Trinajstić information content (AvgIpc) is 2.88. The smallest absolute Gasteiger partial charge is 0.335 e. The van der Waals surface area contributed by atoms with E-state index < -0.39 is 12.1 Å². The van der Waals surface area contributed by atoms with Gasteiger partial charge in [0.15, 0.2) is 11.5 Å². The van der Waals surface area contributed by atoms with Crippen LogP contribution in [-0.4, -0.2) is 55.2 Å². The Bertz CT molecular complexity index is 1140. The van der Waals surface area contributed by atoms with E-state index in [-0.39, 0.29) is 18.3 Å². The number of aromatic carboxylic acids is 1. The van der Waals surface area contributed by atoms with Crippen LogP contribution in [0.1, 0.15) is 22.3 Å². The fraction of sp³-hybridized carbons (Fsp3) is 0.296. The number of rotatable bonds is 11. The summed E-state index contributed by atoms with van der Waals surface area (Å²) < 4.78 is 22.9. The predicted octanol–water partition coefficient (Wildman–Crippen LogP) is 3.91. The van der Waals surface area contributed by atoms with Gasteiger partial charge in [0, 0.05) is 13.1 Å². The van der Waals surface area contributed by atoms with Gasteiger partial charge in [-0.25, -0.2) is 4.79 Å². The third-order valence-corrected chi connectivity index (χ3v) is 5.64. The number of hydrogen-bond donors (Lipinski definition) is 3. The molecule has 4 rings (SSSR count). The zero-order chi connectivity index (χ0) is 24.6. The second-order valence-electron chi connectivity index (χ2n) is 8.26. The van der Waals surface area contributed by atoms with Crippen LogP contribution in [0.4, 0.5) is 0 Å². The van der Waals surface area contributed by atoms with Crippen molar-refractivity contribution in [2.24, 2.45) is 0 Å². The Hall–Kier alpha value is -3.75. The molecular weight excluding hydrogens is 450 g/mol. The number of fused-ring (bicyclic) bond motifs is 1. The van der Waals surface area contributed by atoms with Gasteiger partial charge in [0.2, 0.25) is 0 Å². The van der Waals surface area contributed by atoms with Gasteiger partial charge in [-0.2, -0.15) is 0 Å². The Morgan fingerprint density at radius 1 is 1.09 bits per heavy atom. The van der Waals surface area contributed by atoms with Gasteiger partial charge in [0.25, 0.3) is 0 Å². The molecule has 8 heteroatoms. The fourth-order valence-electron chi connectivity index (χ4n) is 3.82. The molecule has 3 aromatic carbocycles. The van der Waals surface area contributed by atoms with Crippen LogP contribution in [0, 0.1) is 0 Å². The molecule has 1 aliphatic rings. The summed E-state index contributed by atoms with van der Waals surface area (Å²) in [4.78, 5) is 11.2. The van der Waals surface area contributed by atoms with Crippen LogP contribution in [0.3, 0.4) is 0 Å². The molecule has 2 atom stereocenters. The molecular formula is C27H29NO7. The Labute approximate surface area is 204 Å². The van der Waals surface area contributed by atoms with Crippen LogP contribution >= 0.6 is 0 Å². The lowest BCUT2D eigenvalue weighted by Gasteiger charge is -2.27. The van der Waals surface area contributed by atoms with E-state index in [0.717, 1.165) is 29.9 Å². The number of aryl methyl sites for hydroxylation is 1. The standard InChI is InChI=1S/C27H29NO7/c1-32-26-14-19(27(30)31)8-11-25(26)34-22-10-12-24-18(13-22)7-9-23(35-24)16-28-15-20(29)17-33-21-5-3-2-4-6-21/h2-6,8,10-14,20,23,28-29H,7,9,15-17H2,1H3,(H,30,31)/t20-,23+/m0/s1. The van der Waals surface area contributed by atoms with Gasteiger partial charge in [0.05, 0.1) is 12.7 Å². The van der Waals surface area contributed by atoms with E-state index in [9.17, 15) is 9.90 Å². The van der Waals surface area contributed by atoms with Crippen LogP contribution in [0.15, 0.2) is 66.7 Å². The maximum Gasteiger partial charge on any atom is 0.335 e. The predicted molar refractivity (Wildman–Crippen MR) is 130 cm³/mol. The molecule has 0 amide bonds. The zero-order valence-corrected chi connectivity index (χ0v) is 19.5. The lowest BCUT2D eigenvalue weighted by Crippen LogP contribution is -2.39. The number of benzene rings is 3. The molecule has 0 spiro atoms. The van der Waals surface area contributed by atoms with Crippen molar-refractivity contribution in [2.75, 3.05) is 26.8 Å². The first-order valence-corrected chi connectivity index (χ1v) is 11.5. The Morgan fingerprint density at radius 3 is 2.69 bits per heavy atom. The van der Waals surface area contributed by atoms with Crippen LogP contribution in [0.2, 0.25) is 0 Å². The van der Waals surface area contributed by atoms with E-state index in [2.05, 4.69) is 5.32 Å². The normalized spacial score (nSPS) is 15.4. The van der Waals surface area contributed by atoms with Crippen molar-refractivity contribution in [2.45, 2.75) is 25.0 Å². The first-order valence-electron chi connectivity index (χ1n) is 11.5. The maximum atomic E-state index is 11.2. The second-order valence-corrected chi connectivity index (χ2v) is 8.26. The molecule has 1 aliphatic heterocycles. The maximum absolute atomic E-state index is 11.2. The Morgan fingerprint density at radius 2 is 1.91 bits per heavy atom. The monoisotopic (exact) mass is 479 g/mol. The number of ether oxygens (including phenoxy) is 4. The minimum atomic E-state index is -1.03. The Kier molecular flexibility index (Phi) is 8.07. The van der Waals surface area contributed by atoms with E-state index in [1.54, 1.807) is 6.07 Å². The lowest BCUT2D eigenvalue weighted by atomic mass is 10.0. The highest BCUT2D eigenvalue weighted by Crippen LogP contribution is 2.36. The highest BCUT2D eigenvalue weighted by molar-refractivity contribution is 5.88. The first-order chi connectivity index (χ1) is 17.0. The van der Waals surface area contributed by atoms with Crippen LogP contribution in [0.5, 0.6) is 28.7 Å². The summed E-state index contributed by atoms with van der Waals surface area (Å²) in [7, 11) is 1.47. The molecule has 3 N–H and O–H groups in total. The molecule has 0 saturated heterocycles. The molecule has 0 aliphatic carbocycles. The highest BCUT2D eigenvalue weighted by atomic mass is 16.5. The number of aliphatic hydroxyl groups excluding tert-OH is 1. The van der Waals surface area contributed by atoms with E-state index in [4.69, 9.17) is 24.1 Å². The van der Waals surface area contributed by atoms with Crippen molar-refractivity contribution in [1.29, 1.82) is 0 Å². The van der Waals surface area contributed by atoms with Gasteiger partial charge in [0.1, 0.15) is 36.1 Å². The SMILES string of the molecule is COc1cc(C(=O)O)ccc1Oc1ccc2c(c1)CC[C@H](CNC[C@H](O)COc1ccccc1)O2. The summed E-state index contributed by atoms with van der Waals surface area (Å²) in [6.45, 7) is 1.25. The number of methoxy groups -OCH3 is 1. The topological polar surface area (TPSA) is 106 Å². The van der Waals surface area contributed by atoms with Crippen molar-refractivity contribution < 1.29 is 34.0 Å². The van der Waals surface area contributed by atoms with E-state index in [1.165, 1.54) is 19.2 Å². The average molecular weight is 480 g/mol. The van der Waals surface area contributed by atoms with E-state index >= 15 is 0 Å². The van der Waals surface area contributed by atoms with E-state index in [0.29, 0.717) is 30.3 Å². The van der Waals surface area contributed by atoms with Crippen LogP contribution in [0.25, 0.3) is 0 Å². The summed E-state index contributed by atoms with van der Waals surface area (Å²) in [5.41, 5.74) is 1.17. The van der Waals surface area contributed by atoms with Crippen molar-refractivity contribution in [1.82, 2.24) is 5.32 Å². The van der Waals surface area contributed by atoms with Gasteiger partial charge in [-0.1, -0.05) is 18.2 Å². The van der Waals surface area contributed by atoms with Crippen LogP contribution in [-0.2, 0) is 6.42 Å². The minimum Gasteiger partial charge on any atom is -0.493 e. The van der Waals surface area contributed by atoms with Crippen molar-refractivity contribution >= 4 is 5.97 Å². The largest absolute Gasteiger partial charge is 0.493 e. The highest BCUT2D eigenvalue weighted by Gasteiger charge is 2.21. The number of carbonyl (C=O) groups is 1. The molecule has 0 fully saturated rings. The molecule has 0 saturated carbocycles. The molecule has 35 heavy (non-hydrogen) atoms. The van der Waals surface area contributed by atoms with Gasteiger partial charge < -0.3 is 34.5 Å². The first kappa shape index (κ1) is 24.4. The molecule has 0 aromatic heterocycles. The van der Waals surface area contributed by atoms with Crippen LogP contribution < -0.4 is 24.3 Å². The molecule has 3 aromatic rings. The number of aliphatic hydroxyl groups is 1. The summed E-state index contributed by atoms with van der Waals surface area (Å²) in [5.74, 6) is 1.91. The number of hydrogen-bond acceptors (Lipinski definition) is 7. The van der Waals surface area contributed by atoms with E-state index in [1.807, 2.05) is 48.5 Å². The van der Waals surface area contributed by atoms with Crippen molar-refractivity contribution in [3.63, 3.8) is 0 Å². The van der Waals surface area contributed by atoms with Crippen molar-refractivity contribution in [3.8, 4) is 28.7 Å². The number of nitrogens with one attached hydrogen (secondary N) is 1. The summed E-state index contributed by atoms with van der Waals surface area (Å²) in [6.07, 6.45) is 1.04. The quantitative estimate of drug-likeness (QED) is 0.380. The van der Waals surface area contributed by atoms with Gasteiger partial charge >= 0.3 is 5.97 Å². The van der Waals surface area contributed by atoms with Gasteiger partial charge in [-0.15, -0.1) is 0 Å². The summed E-state index contributed by atoms with van der Waals surface area (Å²) in [5, 5.41) is 22.6. The van der Waals surface area contributed by atoms with Gasteiger partial charge in [-0.3, -0.25) is 0 Å². The number of para-hydroxylation sites is 1. The van der Waals surface area contributed by atoms with Gasteiger partial charge in [-0.05, 0) is 66.9 Å². The molecule has 0 bridgehead atoms. The third-order valence-electron chi connectivity index (χ3n) is 5.64. The Balaban J connectivity index is 1.26.